The van der Waals surface area contributed by atoms with Crippen LogP contribution in [0.3, 0.4) is 0 Å². The first kappa shape index (κ1) is 11.0. The lowest BCUT2D eigenvalue weighted by Gasteiger charge is -2.36. The van der Waals surface area contributed by atoms with Crippen LogP contribution in [-0.4, -0.2) is 31.7 Å². The van der Waals surface area contributed by atoms with Gasteiger partial charge >= 0.3 is 0 Å². The van der Waals surface area contributed by atoms with Crippen molar-refractivity contribution in [2.24, 2.45) is 0 Å². The molecule has 0 aliphatic carbocycles. The number of anilines is 2. The number of halogens is 1. The van der Waals surface area contributed by atoms with Gasteiger partial charge in [0.25, 0.3) is 0 Å². The van der Waals surface area contributed by atoms with Gasteiger partial charge < -0.3 is 15.0 Å². The van der Waals surface area contributed by atoms with Gasteiger partial charge in [-0.1, -0.05) is 15.9 Å². The fraction of sp³-hybridized carbons (Fsp3) is 0.417. The summed E-state index contributed by atoms with van der Waals surface area (Å²) >= 11 is 3.43. The summed E-state index contributed by atoms with van der Waals surface area (Å²) in [5.41, 5.74) is 1.97. The zero-order valence-corrected chi connectivity index (χ0v) is 10.9. The second-order valence-electron chi connectivity index (χ2n) is 4.34. The largest absolute Gasteiger partial charge is 0.377 e. The number of ether oxygens (including phenoxy) is 1. The van der Waals surface area contributed by atoms with Gasteiger partial charge in [-0.15, -0.1) is 0 Å². The number of rotatable bonds is 0. The number of hydrogen-bond donors (Lipinski definition) is 1. The Morgan fingerprint density at radius 2 is 2.35 bits per heavy atom. The second kappa shape index (κ2) is 4.31. The third-order valence-corrected chi connectivity index (χ3v) is 3.68. The number of nitrogens with one attached hydrogen (secondary N) is 1. The quantitative estimate of drug-likeness (QED) is 0.796. The van der Waals surface area contributed by atoms with Crippen LogP contribution in [0.4, 0.5) is 11.4 Å². The minimum atomic E-state index is 0.0577. The summed E-state index contributed by atoms with van der Waals surface area (Å²) in [4.78, 5) is 14.1. The number of carbonyl (C=O) groups excluding carboxylic acids is 1. The van der Waals surface area contributed by atoms with E-state index >= 15 is 0 Å². The first-order chi connectivity index (χ1) is 8.24. The Morgan fingerprint density at radius 1 is 1.47 bits per heavy atom. The van der Waals surface area contributed by atoms with Crippen molar-refractivity contribution in [3.05, 3.63) is 22.7 Å². The Morgan fingerprint density at radius 3 is 3.24 bits per heavy atom. The number of amides is 1. The van der Waals surface area contributed by atoms with Gasteiger partial charge in [0.05, 0.1) is 30.6 Å². The highest BCUT2D eigenvalue weighted by Gasteiger charge is 2.30. The highest BCUT2D eigenvalue weighted by Crippen LogP contribution is 2.34. The van der Waals surface area contributed by atoms with E-state index in [0.717, 1.165) is 29.0 Å². The van der Waals surface area contributed by atoms with Gasteiger partial charge in [-0.3, -0.25) is 4.79 Å². The third-order valence-electron chi connectivity index (χ3n) is 3.19. The lowest BCUT2D eigenvalue weighted by atomic mass is 10.1. The number of fused-ring (bicyclic) bond motifs is 3. The van der Waals surface area contributed by atoms with Gasteiger partial charge in [0.2, 0.25) is 5.91 Å². The standard InChI is InChI=1S/C12H13BrN2O2/c13-8-1-2-11-10(5-8)14-12(16)6-9-7-17-4-3-15(9)11/h1-2,5,9H,3-4,6-7H2,(H,14,16). The molecule has 0 aromatic heterocycles. The summed E-state index contributed by atoms with van der Waals surface area (Å²) in [6, 6.07) is 6.16. The molecule has 2 aliphatic heterocycles. The fourth-order valence-corrected chi connectivity index (χ4v) is 2.78. The molecule has 0 radical (unpaired) electrons. The molecule has 1 amide bonds. The molecule has 17 heavy (non-hydrogen) atoms. The molecule has 1 aromatic rings. The maximum atomic E-state index is 11.8. The summed E-state index contributed by atoms with van der Waals surface area (Å²) in [5, 5.41) is 2.95. The average molecular weight is 297 g/mol. The van der Waals surface area contributed by atoms with Crippen molar-refractivity contribution < 1.29 is 9.53 Å². The molecule has 4 nitrogen and oxygen atoms in total. The molecular formula is C12H13BrN2O2. The Hall–Kier alpha value is -1.07. The molecule has 2 aliphatic rings. The maximum Gasteiger partial charge on any atom is 0.226 e. The van der Waals surface area contributed by atoms with Crippen LogP contribution in [-0.2, 0) is 9.53 Å². The van der Waals surface area contributed by atoms with Gasteiger partial charge in [-0.2, -0.15) is 0 Å². The molecule has 2 heterocycles. The van der Waals surface area contributed by atoms with Crippen LogP contribution in [0.5, 0.6) is 0 Å². The van der Waals surface area contributed by atoms with Crippen molar-refractivity contribution in [1.82, 2.24) is 0 Å². The van der Waals surface area contributed by atoms with Crippen LogP contribution < -0.4 is 10.2 Å². The number of hydrogen-bond acceptors (Lipinski definition) is 3. The van der Waals surface area contributed by atoms with E-state index in [9.17, 15) is 4.79 Å². The molecule has 1 N–H and O–H groups in total. The predicted molar refractivity (Wildman–Crippen MR) is 69.3 cm³/mol. The second-order valence-corrected chi connectivity index (χ2v) is 5.25. The lowest BCUT2D eigenvalue weighted by Crippen LogP contribution is -2.45. The zero-order valence-electron chi connectivity index (χ0n) is 9.28. The minimum absolute atomic E-state index is 0.0577. The van der Waals surface area contributed by atoms with Crippen molar-refractivity contribution >= 4 is 33.2 Å². The van der Waals surface area contributed by atoms with Crippen LogP contribution in [0.2, 0.25) is 0 Å². The number of morpholine rings is 1. The molecule has 1 atom stereocenters. The Bertz CT molecular complexity index is 464. The Balaban J connectivity index is 2.05. The van der Waals surface area contributed by atoms with E-state index in [4.69, 9.17) is 4.74 Å². The number of benzene rings is 1. The van der Waals surface area contributed by atoms with Crippen LogP contribution in [0.15, 0.2) is 22.7 Å². The first-order valence-corrected chi connectivity index (χ1v) is 6.47. The number of carbonyl (C=O) groups is 1. The monoisotopic (exact) mass is 296 g/mol. The van der Waals surface area contributed by atoms with Crippen molar-refractivity contribution in [1.29, 1.82) is 0 Å². The van der Waals surface area contributed by atoms with E-state index in [-0.39, 0.29) is 11.9 Å². The molecule has 1 unspecified atom stereocenters. The van der Waals surface area contributed by atoms with Gasteiger partial charge in [-0.05, 0) is 18.2 Å². The first-order valence-electron chi connectivity index (χ1n) is 5.68. The summed E-state index contributed by atoms with van der Waals surface area (Å²) in [6.45, 7) is 2.19. The van der Waals surface area contributed by atoms with Gasteiger partial charge in [0, 0.05) is 17.4 Å². The Kier molecular flexibility index (Phi) is 2.80. The fourth-order valence-electron chi connectivity index (χ4n) is 2.42. The molecule has 0 saturated carbocycles. The van der Waals surface area contributed by atoms with Crippen molar-refractivity contribution in [3.8, 4) is 0 Å². The molecule has 1 aromatic carbocycles. The number of nitrogens with zero attached hydrogens (tertiary/aromatic N) is 1. The maximum absolute atomic E-state index is 11.8. The van der Waals surface area contributed by atoms with Gasteiger partial charge in [-0.25, -0.2) is 0 Å². The highest BCUT2D eigenvalue weighted by atomic mass is 79.9. The smallest absolute Gasteiger partial charge is 0.226 e. The SMILES string of the molecule is O=C1CC2COCCN2c2ccc(Br)cc2N1. The molecule has 90 valence electrons. The molecule has 5 heteroatoms. The third kappa shape index (κ3) is 2.05. The summed E-state index contributed by atoms with van der Waals surface area (Å²) < 4.78 is 6.43. The van der Waals surface area contributed by atoms with E-state index in [1.54, 1.807) is 0 Å². The molecule has 3 rings (SSSR count). The van der Waals surface area contributed by atoms with Crippen molar-refractivity contribution in [3.63, 3.8) is 0 Å². The zero-order chi connectivity index (χ0) is 11.8. The van der Waals surface area contributed by atoms with E-state index in [1.165, 1.54) is 0 Å². The molecule has 0 spiro atoms. The normalized spacial score (nSPS) is 23.5. The van der Waals surface area contributed by atoms with E-state index in [1.807, 2.05) is 18.2 Å². The summed E-state index contributed by atoms with van der Waals surface area (Å²) in [6.07, 6.45) is 0.492. The summed E-state index contributed by atoms with van der Waals surface area (Å²) in [7, 11) is 0. The molecule has 1 saturated heterocycles. The molecule has 1 fully saturated rings. The van der Waals surface area contributed by atoms with Crippen LogP contribution >= 0.6 is 15.9 Å². The van der Waals surface area contributed by atoms with Crippen molar-refractivity contribution in [2.75, 3.05) is 30.0 Å². The van der Waals surface area contributed by atoms with E-state index in [0.29, 0.717) is 13.0 Å². The van der Waals surface area contributed by atoms with E-state index < -0.39 is 0 Å². The minimum Gasteiger partial charge on any atom is -0.377 e. The molecular weight excluding hydrogens is 284 g/mol. The van der Waals surface area contributed by atoms with Crippen LogP contribution in [0.1, 0.15) is 6.42 Å². The Labute approximate surface area is 108 Å². The highest BCUT2D eigenvalue weighted by molar-refractivity contribution is 9.10. The van der Waals surface area contributed by atoms with Crippen molar-refractivity contribution in [2.45, 2.75) is 12.5 Å². The topological polar surface area (TPSA) is 41.6 Å². The van der Waals surface area contributed by atoms with E-state index in [2.05, 4.69) is 26.1 Å². The van der Waals surface area contributed by atoms with Crippen LogP contribution in [0.25, 0.3) is 0 Å². The van der Waals surface area contributed by atoms with Gasteiger partial charge in [0.15, 0.2) is 0 Å². The predicted octanol–water partition coefficient (Wildman–Crippen LogP) is 2.00. The van der Waals surface area contributed by atoms with Gasteiger partial charge in [0.1, 0.15) is 0 Å². The lowest BCUT2D eigenvalue weighted by molar-refractivity contribution is -0.116. The molecule has 0 bridgehead atoms. The van der Waals surface area contributed by atoms with Crippen LogP contribution in [0, 0.1) is 0 Å². The average Bonchev–Trinajstić information content (AvgIpc) is 2.43. The summed E-state index contributed by atoms with van der Waals surface area (Å²) in [5.74, 6) is 0.0577.